The second-order valence-electron chi connectivity index (χ2n) is 1.54. The normalized spacial score (nSPS) is 11.9. The first-order valence-corrected chi connectivity index (χ1v) is 2.70. The highest BCUT2D eigenvalue weighted by Crippen LogP contribution is 1.92. The molecule has 0 aromatic rings. The van der Waals surface area contributed by atoms with Gasteiger partial charge in [-0.3, -0.25) is 4.99 Å². The fourth-order valence-corrected chi connectivity index (χ4v) is 0.381. The van der Waals surface area contributed by atoms with Crippen LogP contribution in [0.15, 0.2) is 29.3 Å². The van der Waals surface area contributed by atoms with Crippen LogP contribution >= 0.6 is 0 Å². The van der Waals surface area contributed by atoms with Crippen LogP contribution in [-0.4, -0.2) is 24.3 Å². The third-order valence-electron chi connectivity index (χ3n) is 0.870. The molecule has 0 radical (unpaired) electrons. The van der Waals surface area contributed by atoms with E-state index in [2.05, 4.69) is 11.6 Å². The molecule has 3 nitrogen and oxygen atoms in total. The Labute approximate surface area is 59.4 Å². The summed E-state index contributed by atoms with van der Waals surface area (Å²) in [5, 5.41) is 8.40. The molecule has 0 saturated carbocycles. The number of rotatable bonds is 3. The van der Waals surface area contributed by atoms with Crippen molar-refractivity contribution >= 4 is 12.2 Å². The maximum absolute atomic E-state index is 10.2. The minimum atomic E-state index is -0.991. The Morgan fingerprint density at radius 3 is 2.60 bits per heavy atom. The zero-order valence-corrected chi connectivity index (χ0v) is 5.74. The molecular weight excluding hydrogens is 130 g/mol. The van der Waals surface area contributed by atoms with Crippen LogP contribution in [0.2, 0.25) is 0 Å². The molecule has 54 valence electrons. The lowest BCUT2D eigenvalue weighted by atomic mass is 10.2. The molecule has 1 N–H and O–H groups in total. The predicted octanol–water partition coefficient (Wildman–Crippen LogP) is 0.884. The lowest BCUT2D eigenvalue weighted by Gasteiger charge is -1.87. The van der Waals surface area contributed by atoms with Gasteiger partial charge in [0.15, 0.2) is 0 Å². The minimum absolute atomic E-state index is 0.144. The first-order chi connectivity index (χ1) is 4.72. The van der Waals surface area contributed by atoms with E-state index in [9.17, 15) is 4.79 Å². The van der Waals surface area contributed by atoms with Gasteiger partial charge in [-0.25, -0.2) is 4.79 Å². The fourth-order valence-electron chi connectivity index (χ4n) is 0.381. The van der Waals surface area contributed by atoms with Crippen LogP contribution in [0.4, 0.5) is 0 Å². The first kappa shape index (κ1) is 8.62. The highest BCUT2D eigenvalue weighted by atomic mass is 16.4. The number of allylic oxidation sites excluding steroid dienone is 1. The van der Waals surface area contributed by atoms with E-state index in [1.165, 1.54) is 18.4 Å². The van der Waals surface area contributed by atoms with E-state index in [0.29, 0.717) is 0 Å². The highest BCUT2D eigenvalue weighted by molar-refractivity contribution is 5.94. The van der Waals surface area contributed by atoms with Gasteiger partial charge in [-0.2, -0.15) is 0 Å². The number of carboxylic acid groups (broad SMARTS) is 1. The number of aliphatic carboxylic acids is 1. The zero-order chi connectivity index (χ0) is 7.98. The van der Waals surface area contributed by atoms with Gasteiger partial charge in [0.05, 0.1) is 5.57 Å². The van der Waals surface area contributed by atoms with Crippen molar-refractivity contribution in [3.8, 4) is 0 Å². The standard InChI is InChI=1S/C7H9NO2/c1-3-6(7(9)10)4-5-8-2/h3-5H,1H2,2H3,(H,9,10)/b6-4+,8-5?. The Kier molecular flexibility index (Phi) is 3.87. The van der Waals surface area contributed by atoms with Crippen LogP contribution in [0, 0.1) is 0 Å². The zero-order valence-electron chi connectivity index (χ0n) is 5.74. The Morgan fingerprint density at radius 2 is 2.30 bits per heavy atom. The van der Waals surface area contributed by atoms with Gasteiger partial charge in [-0.1, -0.05) is 12.7 Å². The molecule has 0 unspecified atom stereocenters. The lowest BCUT2D eigenvalue weighted by Crippen LogP contribution is -1.96. The number of hydrogen-bond acceptors (Lipinski definition) is 2. The summed E-state index contributed by atoms with van der Waals surface area (Å²) in [6, 6.07) is 0. The summed E-state index contributed by atoms with van der Waals surface area (Å²) in [4.78, 5) is 13.8. The summed E-state index contributed by atoms with van der Waals surface area (Å²) in [6.07, 6.45) is 4.06. The highest BCUT2D eigenvalue weighted by Gasteiger charge is 1.98. The van der Waals surface area contributed by atoms with E-state index in [0.717, 1.165) is 0 Å². The van der Waals surface area contributed by atoms with Crippen LogP contribution in [0.1, 0.15) is 0 Å². The summed E-state index contributed by atoms with van der Waals surface area (Å²) in [5.41, 5.74) is 0.144. The summed E-state index contributed by atoms with van der Waals surface area (Å²) >= 11 is 0. The van der Waals surface area contributed by atoms with Crippen LogP contribution in [-0.2, 0) is 4.79 Å². The van der Waals surface area contributed by atoms with E-state index in [-0.39, 0.29) is 5.57 Å². The monoisotopic (exact) mass is 139 g/mol. The van der Waals surface area contributed by atoms with Gasteiger partial charge in [0.2, 0.25) is 0 Å². The molecule has 0 amide bonds. The Bertz CT molecular complexity index is 192. The van der Waals surface area contributed by atoms with Gasteiger partial charge in [-0.05, 0) is 6.08 Å². The number of nitrogens with zero attached hydrogens (tertiary/aromatic N) is 1. The van der Waals surface area contributed by atoms with Gasteiger partial charge < -0.3 is 5.11 Å². The Morgan fingerprint density at radius 1 is 1.70 bits per heavy atom. The fraction of sp³-hybridized carbons (Fsp3) is 0.143. The number of carboxylic acids is 1. The average Bonchev–Trinajstić information content (AvgIpc) is 1.89. The largest absolute Gasteiger partial charge is 0.478 e. The van der Waals surface area contributed by atoms with Crippen LogP contribution in [0.5, 0.6) is 0 Å². The summed E-state index contributed by atoms with van der Waals surface area (Å²) in [7, 11) is 1.57. The molecular formula is C7H9NO2. The van der Waals surface area contributed by atoms with Crippen molar-refractivity contribution in [2.75, 3.05) is 7.05 Å². The van der Waals surface area contributed by atoms with E-state index in [4.69, 9.17) is 5.11 Å². The molecule has 0 aliphatic rings. The second kappa shape index (κ2) is 4.49. The molecule has 0 bridgehead atoms. The first-order valence-electron chi connectivity index (χ1n) is 2.70. The third kappa shape index (κ3) is 2.81. The topological polar surface area (TPSA) is 49.7 Å². The summed E-state index contributed by atoms with van der Waals surface area (Å²) in [6.45, 7) is 3.32. The molecule has 0 aromatic heterocycles. The molecule has 0 heterocycles. The molecule has 3 heteroatoms. The van der Waals surface area contributed by atoms with Crippen LogP contribution in [0.3, 0.4) is 0 Å². The lowest BCUT2D eigenvalue weighted by molar-refractivity contribution is -0.132. The molecule has 0 saturated heterocycles. The van der Waals surface area contributed by atoms with E-state index < -0.39 is 5.97 Å². The molecule has 0 aromatic carbocycles. The van der Waals surface area contributed by atoms with Crippen molar-refractivity contribution in [2.24, 2.45) is 4.99 Å². The minimum Gasteiger partial charge on any atom is -0.478 e. The molecule has 0 atom stereocenters. The van der Waals surface area contributed by atoms with Crippen molar-refractivity contribution in [3.63, 3.8) is 0 Å². The second-order valence-corrected chi connectivity index (χ2v) is 1.54. The van der Waals surface area contributed by atoms with Gasteiger partial charge in [0.1, 0.15) is 0 Å². The van der Waals surface area contributed by atoms with Gasteiger partial charge >= 0.3 is 5.97 Å². The van der Waals surface area contributed by atoms with Crippen molar-refractivity contribution in [1.82, 2.24) is 0 Å². The van der Waals surface area contributed by atoms with Crippen molar-refractivity contribution in [3.05, 3.63) is 24.3 Å². The maximum Gasteiger partial charge on any atom is 0.335 e. The number of hydrogen-bond donors (Lipinski definition) is 1. The Hall–Kier alpha value is -1.38. The quantitative estimate of drug-likeness (QED) is 0.358. The van der Waals surface area contributed by atoms with Crippen LogP contribution < -0.4 is 0 Å². The van der Waals surface area contributed by atoms with Gasteiger partial charge in [0.25, 0.3) is 0 Å². The average molecular weight is 139 g/mol. The molecule has 0 rings (SSSR count). The Balaban J connectivity index is 4.33. The van der Waals surface area contributed by atoms with E-state index >= 15 is 0 Å². The summed E-state index contributed by atoms with van der Waals surface area (Å²) in [5.74, 6) is -0.991. The molecule has 0 fully saturated rings. The smallest absolute Gasteiger partial charge is 0.335 e. The molecule has 10 heavy (non-hydrogen) atoms. The third-order valence-corrected chi connectivity index (χ3v) is 0.870. The van der Waals surface area contributed by atoms with Crippen molar-refractivity contribution in [1.29, 1.82) is 0 Å². The molecule has 0 spiro atoms. The SMILES string of the molecule is C=C/C(=C\C=NC)C(=O)O. The van der Waals surface area contributed by atoms with Crippen molar-refractivity contribution < 1.29 is 9.90 Å². The van der Waals surface area contributed by atoms with Gasteiger partial charge in [0, 0.05) is 13.3 Å². The molecule has 0 aliphatic carbocycles. The van der Waals surface area contributed by atoms with Crippen LogP contribution in [0.25, 0.3) is 0 Å². The molecule has 0 aliphatic heterocycles. The number of carbonyl (C=O) groups is 1. The maximum atomic E-state index is 10.2. The van der Waals surface area contributed by atoms with Crippen molar-refractivity contribution in [2.45, 2.75) is 0 Å². The van der Waals surface area contributed by atoms with E-state index in [1.807, 2.05) is 0 Å². The summed E-state index contributed by atoms with van der Waals surface area (Å²) < 4.78 is 0. The number of aliphatic imine (C=N–C) groups is 1. The predicted molar refractivity (Wildman–Crippen MR) is 40.3 cm³/mol. The van der Waals surface area contributed by atoms with E-state index in [1.54, 1.807) is 7.05 Å². The van der Waals surface area contributed by atoms with Gasteiger partial charge in [-0.15, -0.1) is 0 Å².